The van der Waals surface area contributed by atoms with Gasteiger partial charge in [-0.1, -0.05) is 0 Å². The predicted octanol–water partition coefficient (Wildman–Crippen LogP) is 0.0219. The van der Waals surface area contributed by atoms with Gasteiger partial charge in [0, 0.05) is 11.8 Å². The number of carbonyl (C=O) groups excluding carboxylic acids is 1. The van der Waals surface area contributed by atoms with Gasteiger partial charge in [-0.05, 0) is 6.92 Å². The van der Waals surface area contributed by atoms with Crippen LogP contribution in [0.2, 0.25) is 0 Å². The fourth-order valence-corrected chi connectivity index (χ4v) is 0.229. The summed E-state index contributed by atoms with van der Waals surface area (Å²) in [6.45, 7) is 1.59. The number of esters is 1. The maximum absolute atomic E-state index is 10.4. The van der Waals surface area contributed by atoms with Crippen molar-refractivity contribution in [2.24, 2.45) is 5.73 Å². The van der Waals surface area contributed by atoms with Gasteiger partial charge in [0.05, 0.1) is 7.11 Å². The fourth-order valence-electron chi connectivity index (χ4n) is 0.229. The van der Waals surface area contributed by atoms with Gasteiger partial charge in [0.1, 0.15) is 0 Å². The normalized spacial score (nSPS) is 11.0. The topological polar surface area (TPSA) is 52.3 Å². The van der Waals surface area contributed by atoms with Crippen LogP contribution in [0.3, 0.4) is 0 Å². The Morgan fingerprint density at radius 3 is 2.38 bits per heavy atom. The molecule has 0 spiro atoms. The first-order chi connectivity index (χ1) is 3.72. The molecule has 0 unspecified atom stereocenters. The van der Waals surface area contributed by atoms with Gasteiger partial charge < -0.3 is 10.5 Å². The van der Waals surface area contributed by atoms with Gasteiger partial charge in [-0.2, -0.15) is 0 Å². The largest absolute Gasteiger partial charge is 0.466 e. The monoisotopic (exact) mass is 115 g/mol. The third kappa shape index (κ3) is 1.64. The summed E-state index contributed by atoms with van der Waals surface area (Å²) in [6.07, 6.45) is 1.21. The number of hydrogen-bond donors (Lipinski definition) is 1. The van der Waals surface area contributed by atoms with E-state index < -0.39 is 0 Å². The molecule has 0 aromatic rings. The molecule has 0 aromatic heterocycles. The van der Waals surface area contributed by atoms with Crippen molar-refractivity contribution in [1.82, 2.24) is 0 Å². The molecular formula is C5H9NO2. The van der Waals surface area contributed by atoms with Crippen molar-refractivity contribution in [3.8, 4) is 0 Å². The first-order valence-corrected chi connectivity index (χ1v) is 2.19. The van der Waals surface area contributed by atoms with Crippen molar-refractivity contribution in [3.05, 3.63) is 11.8 Å². The summed E-state index contributed by atoms with van der Waals surface area (Å²) >= 11 is 0. The molecule has 0 atom stereocenters. The van der Waals surface area contributed by atoms with E-state index in [0.717, 1.165) is 0 Å². The number of ether oxygens (including phenoxy) is 1. The van der Waals surface area contributed by atoms with Crippen LogP contribution in [-0.2, 0) is 9.53 Å². The van der Waals surface area contributed by atoms with Crippen LogP contribution in [0.4, 0.5) is 0 Å². The average Bonchev–Trinajstić information content (AvgIpc) is 1.84. The van der Waals surface area contributed by atoms with E-state index in [0.29, 0.717) is 5.57 Å². The van der Waals surface area contributed by atoms with Gasteiger partial charge in [-0.15, -0.1) is 0 Å². The highest BCUT2D eigenvalue weighted by Crippen LogP contribution is 1.89. The Bertz CT molecular complexity index is 118. The quantitative estimate of drug-likeness (QED) is 0.387. The van der Waals surface area contributed by atoms with E-state index in [2.05, 4.69) is 4.74 Å². The van der Waals surface area contributed by atoms with Crippen LogP contribution in [0, 0.1) is 0 Å². The first-order valence-electron chi connectivity index (χ1n) is 2.19. The first kappa shape index (κ1) is 7.01. The van der Waals surface area contributed by atoms with Crippen molar-refractivity contribution in [1.29, 1.82) is 0 Å². The van der Waals surface area contributed by atoms with Gasteiger partial charge in [0.2, 0.25) is 0 Å². The molecule has 0 rings (SSSR count). The van der Waals surface area contributed by atoms with Gasteiger partial charge in [0.15, 0.2) is 0 Å². The maximum atomic E-state index is 10.4. The molecule has 3 heteroatoms. The molecule has 0 heterocycles. The molecule has 2 N–H and O–H groups in total. The van der Waals surface area contributed by atoms with Crippen LogP contribution in [0.25, 0.3) is 0 Å². The molecule has 0 fully saturated rings. The van der Waals surface area contributed by atoms with Crippen molar-refractivity contribution < 1.29 is 9.53 Å². The number of methoxy groups -OCH3 is 1. The van der Waals surface area contributed by atoms with Crippen molar-refractivity contribution >= 4 is 5.97 Å². The zero-order valence-electron chi connectivity index (χ0n) is 4.97. The van der Waals surface area contributed by atoms with Crippen LogP contribution in [0.5, 0.6) is 0 Å². The Hall–Kier alpha value is -0.990. The second kappa shape index (κ2) is 3.07. The third-order valence-electron chi connectivity index (χ3n) is 0.757. The Labute approximate surface area is 48.1 Å². The van der Waals surface area contributed by atoms with E-state index >= 15 is 0 Å². The molecule has 0 radical (unpaired) electrons. The standard InChI is InChI=1S/C5H9NO2/c1-4(3-6)5(7)8-2/h3H,6H2,1-2H3/b4-3+. The number of rotatable bonds is 1. The van der Waals surface area contributed by atoms with Gasteiger partial charge >= 0.3 is 5.97 Å². The Balaban J connectivity index is 3.83. The molecular weight excluding hydrogens is 106 g/mol. The Morgan fingerprint density at radius 1 is 1.75 bits per heavy atom. The van der Waals surface area contributed by atoms with Crippen LogP contribution in [0.1, 0.15) is 6.92 Å². The van der Waals surface area contributed by atoms with E-state index in [9.17, 15) is 4.79 Å². The third-order valence-corrected chi connectivity index (χ3v) is 0.757. The van der Waals surface area contributed by atoms with Gasteiger partial charge in [-0.25, -0.2) is 4.79 Å². The summed E-state index contributed by atoms with van der Waals surface area (Å²) in [7, 11) is 1.31. The zero-order chi connectivity index (χ0) is 6.57. The molecule has 0 aromatic carbocycles. The number of hydrogen-bond acceptors (Lipinski definition) is 3. The lowest BCUT2D eigenvalue weighted by atomic mass is 10.3. The van der Waals surface area contributed by atoms with E-state index in [1.54, 1.807) is 6.92 Å². The van der Waals surface area contributed by atoms with Crippen LogP contribution in [0.15, 0.2) is 11.8 Å². The number of carbonyl (C=O) groups is 1. The Morgan fingerprint density at radius 2 is 2.25 bits per heavy atom. The SMILES string of the molecule is COC(=O)/C(C)=C/N. The summed E-state index contributed by atoms with van der Waals surface area (Å²) in [5, 5.41) is 0. The highest BCUT2D eigenvalue weighted by Gasteiger charge is 1.98. The van der Waals surface area contributed by atoms with Crippen molar-refractivity contribution in [2.45, 2.75) is 6.92 Å². The lowest BCUT2D eigenvalue weighted by Crippen LogP contribution is -2.02. The molecule has 0 saturated carbocycles. The minimum atomic E-state index is -0.382. The van der Waals surface area contributed by atoms with Crippen molar-refractivity contribution in [2.75, 3.05) is 7.11 Å². The molecule has 46 valence electrons. The van der Waals surface area contributed by atoms with Crippen LogP contribution in [-0.4, -0.2) is 13.1 Å². The Kier molecular flexibility index (Phi) is 2.69. The molecule has 8 heavy (non-hydrogen) atoms. The van der Waals surface area contributed by atoms with Gasteiger partial charge in [-0.3, -0.25) is 0 Å². The molecule has 0 saturated heterocycles. The lowest BCUT2D eigenvalue weighted by molar-refractivity contribution is -0.136. The smallest absolute Gasteiger partial charge is 0.334 e. The highest BCUT2D eigenvalue weighted by atomic mass is 16.5. The van der Waals surface area contributed by atoms with E-state index in [1.807, 2.05) is 0 Å². The van der Waals surface area contributed by atoms with E-state index in [4.69, 9.17) is 5.73 Å². The summed E-state index contributed by atoms with van der Waals surface area (Å²) in [5.74, 6) is -0.382. The van der Waals surface area contributed by atoms with Crippen LogP contribution >= 0.6 is 0 Å². The van der Waals surface area contributed by atoms with Crippen LogP contribution < -0.4 is 5.73 Å². The molecule has 3 nitrogen and oxygen atoms in total. The summed E-state index contributed by atoms with van der Waals surface area (Å²) in [4.78, 5) is 10.4. The lowest BCUT2D eigenvalue weighted by Gasteiger charge is -1.93. The molecule has 0 bridgehead atoms. The molecule has 0 amide bonds. The van der Waals surface area contributed by atoms with E-state index in [-0.39, 0.29) is 5.97 Å². The minimum Gasteiger partial charge on any atom is -0.466 e. The zero-order valence-corrected chi connectivity index (χ0v) is 4.97. The summed E-state index contributed by atoms with van der Waals surface area (Å²) in [6, 6.07) is 0. The fraction of sp³-hybridized carbons (Fsp3) is 0.400. The predicted molar refractivity (Wildman–Crippen MR) is 30.0 cm³/mol. The molecule has 0 aliphatic heterocycles. The highest BCUT2D eigenvalue weighted by molar-refractivity contribution is 5.87. The molecule has 0 aliphatic carbocycles. The second-order valence-electron chi connectivity index (χ2n) is 1.34. The maximum Gasteiger partial charge on any atom is 0.334 e. The minimum absolute atomic E-state index is 0.382. The average molecular weight is 115 g/mol. The summed E-state index contributed by atoms with van der Waals surface area (Å²) < 4.78 is 4.32. The number of nitrogens with two attached hydrogens (primary N) is 1. The van der Waals surface area contributed by atoms with Gasteiger partial charge in [0.25, 0.3) is 0 Å². The summed E-state index contributed by atoms with van der Waals surface area (Å²) in [5.41, 5.74) is 5.41. The van der Waals surface area contributed by atoms with Crippen molar-refractivity contribution in [3.63, 3.8) is 0 Å². The molecule has 0 aliphatic rings. The second-order valence-corrected chi connectivity index (χ2v) is 1.34. The van der Waals surface area contributed by atoms with E-state index in [1.165, 1.54) is 13.3 Å².